The summed E-state index contributed by atoms with van der Waals surface area (Å²) in [6.07, 6.45) is 0.325. The lowest BCUT2D eigenvalue weighted by atomic mass is 9.82. The molecule has 2 aliphatic carbocycles. The largest absolute Gasteiger partial charge is 0.750 e. The number of hydrogen-bond donors (Lipinski definition) is 0. The second-order valence-corrected chi connectivity index (χ2v) is 7.29. The van der Waals surface area contributed by atoms with Crippen LogP contribution in [0.2, 0.25) is 0 Å². The molecule has 23 heavy (non-hydrogen) atoms. The summed E-state index contributed by atoms with van der Waals surface area (Å²) in [6, 6.07) is 0. The zero-order chi connectivity index (χ0) is 17.4. The number of rotatable bonds is 6. The van der Waals surface area contributed by atoms with E-state index in [4.69, 9.17) is 13.7 Å². The summed E-state index contributed by atoms with van der Waals surface area (Å²) in [5.74, 6) is -1.38. The van der Waals surface area contributed by atoms with Gasteiger partial charge in [-0.25, -0.2) is 13.8 Å². The summed E-state index contributed by atoms with van der Waals surface area (Å²) < 4.78 is 36.9. The Morgan fingerprint density at radius 2 is 1.83 bits per heavy atom. The predicted molar refractivity (Wildman–Crippen MR) is 79.4 cm³/mol. The predicted octanol–water partition coefficient (Wildman–Crippen LogP) is 1.26. The van der Waals surface area contributed by atoms with Crippen LogP contribution in [0.15, 0.2) is 12.2 Å². The van der Waals surface area contributed by atoms with Crippen molar-refractivity contribution in [1.29, 1.82) is 0 Å². The molecule has 2 fully saturated rings. The van der Waals surface area contributed by atoms with Crippen molar-refractivity contribution < 1.29 is 32.0 Å². The third-order valence-corrected chi connectivity index (χ3v) is 5.32. The second kappa shape index (κ2) is 6.70. The van der Waals surface area contributed by atoms with Crippen LogP contribution in [-0.4, -0.2) is 39.5 Å². The van der Waals surface area contributed by atoms with Crippen molar-refractivity contribution in [2.45, 2.75) is 45.8 Å². The Labute approximate surface area is 137 Å². The van der Waals surface area contributed by atoms with Crippen LogP contribution in [0.4, 0.5) is 0 Å². The van der Waals surface area contributed by atoms with Gasteiger partial charge in [0.05, 0.1) is 11.4 Å². The number of esters is 2. The molecule has 2 bridgehead atoms. The number of fused-ring (bicyclic) bond motifs is 2. The zero-order valence-corrected chi connectivity index (χ0v) is 14.2. The summed E-state index contributed by atoms with van der Waals surface area (Å²) in [4.78, 5) is 23.2. The van der Waals surface area contributed by atoms with Crippen LogP contribution in [0.5, 0.6) is 0 Å². The van der Waals surface area contributed by atoms with Gasteiger partial charge in [-0.05, 0) is 31.1 Å². The SMILES string of the molecule is C=C(C)C(=O)OCC(=O)OC1C(OS(=O)[O-])C2CCC1C2(C)C. The fourth-order valence-electron chi connectivity index (χ4n) is 3.81. The first-order valence-electron chi connectivity index (χ1n) is 7.43. The summed E-state index contributed by atoms with van der Waals surface area (Å²) in [7, 11) is 0. The summed E-state index contributed by atoms with van der Waals surface area (Å²) >= 11 is -2.68. The van der Waals surface area contributed by atoms with Crippen LogP contribution in [0, 0.1) is 17.3 Å². The molecule has 2 saturated carbocycles. The Kier molecular flexibility index (Phi) is 5.27. The summed E-state index contributed by atoms with van der Waals surface area (Å²) in [5, 5.41) is 0. The van der Waals surface area contributed by atoms with Gasteiger partial charge in [-0.15, -0.1) is 0 Å². The van der Waals surface area contributed by atoms with Gasteiger partial charge in [-0.2, -0.15) is 0 Å². The summed E-state index contributed by atoms with van der Waals surface area (Å²) in [5.41, 5.74) is 0.00502. The molecule has 130 valence electrons. The Balaban J connectivity index is 2.02. The normalized spacial score (nSPS) is 32.3. The molecule has 5 atom stereocenters. The van der Waals surface area contributed by atoms with Gasteiger partial charge in [0, 0.05) is 11.5 Å². The van der Waals surface area contributed by atoms with Gasteiger partial charge < -0.3 is 14.0 Å². The number of hydrogen-bond acceptors (Lipinski definition) is 7. The molecule has 0 aliphatic heterocycles. The molecule has 0 radical (unpaired) electrons. The Morgan fingerprint density at radius 3 is 2.35 bits per heavy atom. The van der Waals surface area contributed by atoms with E-state index >= 15 is 0 Å². The molecule has 0 spiro atoms. The van der Waals surface area contributed by atoms with E-state index in [0.29, 0.717) is 0 Å². The van der Waals surface area contributed by atoms with Gasteiger partial charge in [-0.3, -0.25) is 4.18 Å². The van der Waals surface area contributed by atoms with E-state index in [0.717, 1.165) is 12.8 Å². The van der Waals surface area contributed by atoms with Crippen molar-refractivity contribution in [3.63, 3.8) is 0 Å². The Hall–Kier alpha value is -1.25. The van der Waals surface area contributed by atoms with Crippen molar-refractivity contribution in [3.8, 4) is 0 Å². The van der Waals surface area contributed by atoms with E-state index in [1.54, 1.807) is 0 Å². The lowest BCUT2D eigenvalue weighted by Gasteiger charge is -2.30. The van der Waals surface area contributed by atoms with E-state index in [1.807, 2.05) is 13.8 Å². The van der Waals surface area contributed by atoms with Crippen LogP contribution in [0.1, 0.15) is 33.6 Å². The molecule has 8 heteroatoms. The highest BCUT2D eigenvalue weighted by Crippen LogP contribution is 2.59. The maximum absolute atomic E-state index is 11.9. The number of carbonyl (C=O) groups excluding carboxylic acids is 2. The standard InChI is InChI=1S/C15H22O7S/c1-8(2)14(17)20-7-11(16)21-12-9-5-6-10(15(9,3)4)13(12)22-23(18)19/h9-10,12-13H,1,5-7H2,2-4H3,(H,18,19)/p-1. The fourth-order valence-corrected chi connectivity index (χ4v) is 4.23. The molecule has 2 aliphatic rings. The minimum absolute atomic E-state index is 0.00108. The van der Waals surface area contributed by atoms with Crippen LogP contribution >= 0.6 is 0 Å². The third-order valence-electron chi connectivity index (χ3n) is 4.94. The lowest BCUT2D eigenvalue weighted by molar-refractivity contribution is -0.166. The second-order valence-electron chi connectivity index (χ2n) is 6.69. The monoisotopic (exact) mass is 345 g/mol. The Bertz CT molecular complexity index is 542. The molecular formula is C15H21O7S-. The molecule has 0 saturated heterocycles. The first kappa shape index (κ1) is 18.1. The highest BCUT2D eigenvalue weighted by molar-refractivity contribution is 7.74. The van der Waals surface area contributed by atoms with E-state index in [2.05, 4.69) is 6.58 Å². The average molecular weight is 345 g/mol. The molecular weight excluding hydrogens is 324 g/mol. The molecule has 7 nitrogen and oxygen atoms in total. The first-order chi connectivity index (χ1) is 10.6. The van der Waals surface area contributed by atoms with E-state index < -0.39 is 42.1 Å². The smallest absolute Gasteiger partial charge is 0.344 e. The molecule has 5 unspecified atom stereocenters. The van der Waals surface area contributed by atoms with Crippen molar-refractivity contribution in [2.24, 2.45) is 17.3 Å². The maximum atomic E-state index is 11.9. The molecule has 0 aromatic rings. The minimum atomic E-state index is -2.68. The molecule has 2 rings (SSSR count). The first-order valence-corrected chi connectivity index (χ1v) is 8.43. The van der Waals surface area contributed by atoms with Crippen LogP contribution in [0.3, 0.4) is 0 Å². The minimum Gasteiger partial charge on any atom is -0.750 e. The van der Waals surface area contributed by atoms with Crippen molar-refractivity contribution in [3.05, 3.63) is 12.2 Å². The number of carbonyl (C=O) groups is 2. The van der Waals surface area contributed by atoms with Gasteiger partial charge in [0.15, 0.2) is 6.61 Å². The fraction of sp³-hybridized carbons (Fsp3) is 0.733. The average Bonchev–Trinajstić information content (AvgIpc) is 2.83. The van der Waals surface area contributed by atoms with E-state index in [-0.39, 0.29) is 22.8 Å². The van der Waals surface area contributed by atoms with Crippen molar-refractivity contribution >= 4 is 23.3 Å². The maximum Gasteiger partial charge on any atom is 0.344 e. The zero-order valence-electron chi connectivity index (χ0n) is 13.4. The van der Waals surface area contributed by atoms with Crippen molar-refractivity contribution in [2.75, 3.05) is 6.61 Å². The number of ether oxygens (including phenoxy) is 2. The van der Waals surface area contributed by atoms with Crippen LogP contribution < -0.4 is 0 Å². The molecule has 0 heterocycles. The molecule has 0 aromatic heterocycles. The molecule has 0 aromatic carbocycles. The Morgan fingerprint density at radius 1 is 1.26 bits per heavy atom. The quantitative estimate of drug-likeness (QED) is 0.406. The topological polar surface area (TPSA) is 102 Å². The van der Waals surface area contributed by atoms with Gasteiger partial charge in [0.2, 0.25) is 0 Å². The van der Waals surface area contributed by atoms with Crippen molar-refractivity contribution in [1.82, 2.24) is 0 Å². The summed E-state index contributed by atoms with van der Waals surface area (Å²) in [6.45, 7) is 8.40. The highest BCUT2D eigenvalue weighted by atomic mass is 32.2. The van der Waals surface area contributed by atoms with Gasteiger partial charge in [-0.1, -0.05) is 20.4 Å². The van der Waals surface area contributed by atoms with Gasteiger partial charge in [0.25, 0.3) is 0 Å². The highest BCUT2D eigenvalue weighted by Gasteiger charge is 2.61. The molecule has 0 N–H and O–H groups in total. The third kappa shape index (κ3) is 3.64. The van der Waals surface area contributed by atoms with E-state index in [1.165, 1.54) is 6.92 Å². The van der Waals surface area contributed by atoms with Crippen LogP contribution in [0.25, 0.3) is 0 Å². The van der Waals surface area contributed by atoms with Gasteiger partial charge >= 0.3 is 11.9 Å². The van der Waals surface area contributed by atoms with Gasteiger partial charge in [0.1, 0.15) is 12.2 Å². The molecule has 0 amide bonds. The van der Waals surface area contributed by atoms with E-state index in [9.17, 15) is 18.4 Å². The lowest BCUT2D eigenvalue weighted by Crippen LogP contribution is -2.39. The van der Waals surface area contributed by atoms with Crippen LogP contribution in [-0.2, 0) is 34.6 Å².